The van der Waals surface area contributed by atoms with E-state index in [9.17, 15) is 4.79 Å². The Hall–Kier alpha value is -2.12. The maximum Gasteiger partial charge on any atom is 0.234 e. The Morgan fingerprint density at radius 2 is 1.88 bits per heavy atom. The van der Waals surface area contributed by atoms with Crippen molar-refractivity contribution < 1.29 is 4.79 Å². The van der Waals surface area contributed by atoms with Crippen molar-refractivity contribution in [3.63, 3.8) is 0 Å². The number of carbonyl (C=O) groups is 1. The van der Waals surface area contributed by atoms with E-state index in [1.54, 1.807) is 0 Å². The van der Waals surface area contributed by atoms with Crippen LogP contribution in [-0.4, -0.2) is 26.4 Å². The summed E-state index contributed by atoms with van der Waals surface area (Å²) in [7, 11) is 0. The second-order valence-corrected chi connectivity index (χ2v) is 7.57. The monoisotopic (exact) mass is 430 g/mol. The Kier molecular flexibility index (Phi) is 6.11. The average Bonchev–Trinajstić information content (AvgIpc) is 3.05. The van der Waals surface area contributed by atoms with Gasteiger partial charge in [-0.1, -0.05) is 58.0 Å². The minimum absolute atomic E-state index is 0.0554. The van der Waals surface area contributed by atoms with Crippen molar-refractivity contribution >= 4 is 39.3 Å². The molecule has 0 saturated heterocycles. The largest absolute Gasteiger partial charge is 0.325 e. The van der Waals surface area contributed by atoms with Gasteiger partial charge in [-0.15, -0.1) is 10.2 Å². The number of anilines is 1. The van der Waals surface area contributed by atoms with Gasteiger partial charge in [0.15, 0.2) is 11.0 Å². The van der Waals surface area contributed by atoms with E-state index in [2.05, 4.69) is 31.4 Å². The number of para-hydroxylation sites is 1. The van der Waals surface area contributed by atoms with E-state index in [-0.39, 0.29) is 11.7 Å². The van der Waals surface area contributed by atoms with Gasteiger partial charge in [0, 0.05) is 22.3 Å². The highest BCUT2D eigenvalue weighted by molar-refractivity contribution is 9.10. The average molecular weight is 431 g/mol. The van der Waals surface area contributed by atoms with Crippen LogP contribution in [0, 0.1) is 6.92 Å². The second-order valence-electron chi connectivity index (χ2n) is 5.71. The maximum absolute atomic E-state index is 12.3. The molecule has 0 bridgehead atoms. The molecule has 1 amide bonds. The van der Waals surface area contributed by atoms with Crippen LogP contribution >= 0.6 is 27.7 Å². The summed E-state index contributed by atoms with van der Waals surface area (Å²) in [6.07, 6.45) is 0. The number of halogens is 1. The first-order chi connectivity index (χ1) is 12.6. The number of hydrogen-bond donors (Lipinski definition) is 1. The normalized spacial score (nSPS) is 10.7. The molecule has 3 rings (SSSR count). The fraction of sp³-hybridized carbons (Fsp3) is 0.211. The number of carbonyl (C=O) groups excluding carboxylic acids is 1. The molecule has 0 unspecified atom stereocenters. The predicted molar refractivity (Wildman–Crippen MR) is 109 cm³/mol. The molecule has 134 valence electrons. The molecule has 0 aliphatic rings. The van der Waals surface area contributed by atoms with Gasteiger partial charge < -0.3 is 9.88 Å². The molecule has 7 heteroatoms. The zero-order chi connectivity index (χ0) is 18.5. The van der Waals surface area contributed by atoms with Crippen molar-refractivity contribution in [2.75, 3.05) is 11.1 Å². The van der Waals surface area contributed by atoms with Crippen molar-refractivity contribution in [3.8, 4) is 11.4 Å². The molecule has 2 aromatic carbocycles. The molecule has 0 spiro atoms. The molecule has 3 aromatic rings. The zero-order valence-electron chi connectivity index (χ0n) is 14.6. The number of aryl methyl sites for hydroxylation is 1. The van der Waals surface area contributed by atoms with Crippen molar-refractivity contribution in [1.29, 1.82) is 0 Å². The molecule has 0 aliphatic heterocycles. The van der Waals surface area contributed by atoms with Crippen LogP contribution in [0.2, 0.25) is 0 Å². The standard InChI is InChI=1S/C19H19BrN4OS/c1-3-24-18(14-8-10-15(20)11-9-14)22-23-19(24)26-12-17(25)21-16-7-5-4-6-13(16)2/h4-11H,3,12H2,1-2H3,(H,21,25). The lowest BCUT2D eigenvalue weighted by molar-refractivity contribution is -0.113. The van der Waals surface area contributed by atoms with Gasteiger partial charge in [-0.3, -0.25) is 4.79 Å². The zero-order valence-corrected chi connectivity index (χ0v) is 17.0. The van der Waals surface area contributed by atoms with E-state index in [0.29, 0.717) is 0 Å². The van der Waals surface area contributed by atoms with Crippen LogP contribution in [0.5, 0.6) is 0 Å². The third-order valence-electron chi connectivity index (χ3n) is 3.89. The number of nitrogens with one attached hydrogen (secondary N) is 1. The molecule has 0 aliphatic carbocycles. The summed E-state index contributed by atoms with van der Waals surface area (Å²) in [6, 6.07) is 15.7. The molecule has 0 saturated carbocycles. The molecular weight excluding hydrogens is 412 g/mol. The van der Waals surface area contributed by atoms with E-state index in [1.807, 2.05) is 66.9 Å². The first-order valence-corrected chi connectivity index (χ1v) is 10.0. The van der Waals surface area contributed by atoms with E-state index in [4.69, 9.17) is 0 Å². The van der Waals surface area contributed by atoms with Crippen LogP contribution < -0.4 is 5.32 Å². The van der Waals surface area contributed by atoms with Gasteiger partial charge in [-0.2, -0.15) is 0 Å². The molecule has 0 atom stereocenters. The van der Waals surface area contributed by atoms with Gasteiger partial charge in [0.25, 0.3) is 0 Å². The Labute approximate surface area is 165 Å². The molecular formula is C19H19BrN4OS. The van der Waals surface area contributed by atoms with Crippen LogP contribution in [-0.2, 0) is 11.3 Å². The van der Waals surface area contributed by atoms with Crippen LogP contribution in [0.4, 0.5) is 5.69 Å². The quantitative estimate of drug-likeness (QED) is 0.572. The smallest absolute Gasteiger partial charge is 0.234 e. The molecule has 0 radical (unpaired) electrons. The fourth-order valence-corrected chi connectivity index (χ4v) is 3.59. The van der Waals surface area contributed by atoms with E-state index in [0.717, 1.165) is 38.8 Å². The number of nitrogens with zero attached hydrogens (tertiary/aromatic N) is 3. The first kappa shape index (κ1) is 18.7. The topological polar surface area (TPSA) is 59.8 Å². The number of hydrogen-bond acceptors (Lipinski definition) is 4. The van der Waals surface area contributed by atoms with Crippen molar-refractivity contribution in [2.45, 2.75) is 25.5 Å². The van der Waals surface area contributed by atoms with Gasteiger partial charge in [0.1, 0.15) is 0 Å². The van der Waals surface area contributed by atoms with E-state index < -0.39 is 0 Å². The Balaban J connectivity index is 1.69. The lowest BCUT2D eigenvalue weighted by Crippen LogP contribution is -2.15. The van der Waals surface area contributed by atoms with Gasteiger partial charge in [-0.05, 0) is 37.6 Å². The Bertz CT molecular complexity index is 908. The molecule has 26 heavy (non-hydrogen) atoms. The first-order valence-electron chi connectivity index (χ1n) is 8.26. The van der Waals surface area contributed by atoms with Gasteiger partial charge in [0.05, 0.1) is 5.75 Å². The number of aromatic nitrogens is 3. The Morgan fingerprint density at radius 1 is 1.15 bits per heavy atom. The highest BCUT2D eigenvalue weighted by Gasteiger charge is 2.15. The number of thioether (sulfide) groups is 1. The van der Waals surface area contributed by atoms with E-state index in [1.165, 1.54) is 11.8 Å². The number of rotatable bonds is 6. The minimum atomic E-state index is -0.0554. The summed E-state index contributed by atoms with van der Waals surface area (Å²) < 4.78 is 3.04. The van der Waals surface area contributed by atoms with Crippen molar-refractivity contribution in [2.24, 2.45) is 0 Å². The summed E-state index contributed by atoms with van der Waals surface area (Å²) in [6.45, 7) is 4.75. The van der Waals surface area contributed by atoms with Gasteiger partial charge >= 0.3 is 0 Å². The molecule has 1 N–H and O–H groups in total. The predicted octanol–water partition coefficient (Wildman–Crippen LogP) is 4.77. The third-order valence-corrected chi connectivity index (χ3v) is 5.38. The van der Waals surface area contributed by atoms with Gasteiger partial charge in [-0.25, -0.2) is 0 Å². The molecule has 1 heterocycles. The number of amides is 1. The number of benzene rings is 2. The SMILES string of the molecule is CCn1c(SCC(=O)Nc2ccccc2C)nnc1-c1ccc(Br)cc1. The third kappa shape index (κ3) is 4.34. The molecule has 0 fully saturated rings. The van der Waals surface area contributed by atoms with Crippen molar-refractivity contribution in [1.82, 2.24) is 14.8 Å². The van der Waals surface area contributed by atoms with Crippen LogP contribution in [0.3, 0.4) is 0 Å². The highest BCUT2D eigenvalue weighted by Crippen LogP contribution is 2.25. The van der Waals surface area contributed by atoms with Crippen LogP contribution in [0.1, 0.15) is 12.5 Å². The minimum Gasteiger partial charge on any atom is -0.325 e. The van der Waals surface area contributed by atoms with Gasteiger partial charge in [0.2, 0.25) is 5.91 Å². The maximum atomic E-state index is 12.3. The summed E-state index contributed by atoms with van der Waals surface area (Å²) in [5, 5.41) is 12.3. The van der Waals surface area contributed by atoms with Crippen LogP contribution in [0.15, 0.2) is 58.2 Å². The van der Waals surface area contributed by atoms with Crippen molar-refractivity contribution in [3.05, 3.63) is 58.6 Å². The highest BCUT2D eigenvalue weighted by atomic mass is 79.9. The summed E-state index contributed by atoms with van der Waals surface area (Å²) in [4.78, 5) is 12.3. The summed E-state index contributed by atoms with van der Waals surface area (Å²) in [5.41, 5.74) is 2.88. The summed E-state index contributed by atoms with van der Waals surface area (Å²) in [5.74, 6) is 1.04. The van der Waals surface area contributed by atoms with Crippen LogP contribution in [0.25, 0.3) is 11.4 Å². The lowest BCUT2D eigenvalue weighted by Gasteiger charge is -2.09. The molecule has 1 aromatic heterocycles. The molecule has 5 nitrogen and oxygen atoms in total. The summed E-state index contributed by atoms with van der Waals surface area (Å²) >= 11 is 4.83. The fourth-order valence-electron chi connectivity index (χ4n) is 2.52. The Morgan fingerprint density at radius 3 is 2.58 bits per heavy atom. The lowest BCUT2D eigenvalue weighted by atomic mass is 10.2. The second kappa shape index (κ2) is 8.51. The van der Waals surface area contributed by atoms with E-state index >= 15 is 0 Å².